The van der Waals surface area contributed by atoms with Gasteiger partial charge in [-0.1, -0.05) is 44.0 Å². The van der Waals surface area contributed by atoms with Gasteiger partial charge in [-0.05, 0) is 43.7 Å². The highest BCUT2D eigenvalue weighted by molar-refractivity contribution is 5.87. The summed E-state index contributed by atoms with van der Waals surface area (Å²) in [7, 11) is 0. The van der Waals surface area contributed by atoms with Crippen molar-refractivity contribution in [1.82, 2.24) is 10.2 Å². The van der Waals surface area contributed by atoms with Crippen LogP contribution < -0.4 is 5.32 Å². The number of hydrogen-bond donors (Lipinski definition) is 1. The molecule has 1 aliphatic heterocycles. The summed E-state index contributed by atoms with van der Waals surface area (Å²) in [5, 5.41) is 2.97. The average Bonchev–Trinajstić information content (AvgIpc) is 2.73. The number of nitrogens with one attached hydrogen (secondary N) is 1. The Morgan fingerprint density at radius 3 is 2.79 bits per heavy atom. The van der Waals surface area contributed by atoms with Crippen molar-refractivity contribution in [1.29, 1.82) is 0 Å². The number of amides is 2. The minimum atomic E-state index is -0.356. The van der Waals surface area contributed by atoms with E-state index in [0.717, 1.165) is 45.1 Å². The number of aryl methyl sites for hydroxylation is 1. The first-order valence-corrected chi connectivity index (χ1v) is 9.24. The number of likely N-dealkylation sites (tertiary alicyclic amines) is 1. The highest BCUT2D eigenvalue weighted by Crippen LogP contribution is 2.17. The Balaban J connectivity index is 1.96. The van der Waals surface area contributed by atoms with E-state index in [1.807, 2.05) is 17.0 Å². The van der Waals surface area contributed by atoms with E-state index in [2.05, 4.69) is 31.3 Å². The molecule has 2 amide bonds. The summed E-state index contributed by atoms with van der Waals surface area (Å²) in [6.45, 7) is 5.60. The van der Waals surface area contributed by atoms with Gasteiger partial charge in [0.2, 0.25) is 11.8 Å². The van der Waals surface area contributed by atoms with Crippen molar-refractivity contribution in [2.45, 2.75) is 71.4 Å². The third kappa shape index (κ3) is 5.36. The van der Waals surface area contributed by atoms with Gasteiger partial charge in [0.15, 0.2) is 0 Å². The maximum Gasteiger partial charge on any atom is 0.245 e. The van der Waals surface area contributed by atoms with Gasteiger partial charge >= 0.3 is 0 Å². The second-order valence-corrected chi connectivity index (χ2v) is 6.76. The van der Waals surface area contributed by atoms with Crippen LogP contribution in [-0.4, -0.2) is 29.3 Å². The monoisotopic (exact) mass is 330 g/mol. The molecule has 1 unspecified atom stereocenters. The Bertz CT molecular complexity index is 556. The number of nitrogens with zero attached hydrogens (tertiary/aromatic N) is 1. The van der Waals surface area contributed by atoms with Gasteiger partial charge in [-0.15, -0.1) is 0 Å². The topological polar surface area (TPSA) is 49.4 Å². The van der Waals surface area contributed by atoms with Gasteiger partial charge in [0.05, 0.1) is 0 Å². The molecule has 1 N–H and O–H groups in total. The number of rotatable bonds is 7. The molecule has 24 heavy (non-hydrogen) atoms. The summed E-state index contributed by atoms with van der Waals surface area (Å²) >= 11 is 0. The first-order chi connectivity index (χ1) is 11.6. The van der Waals surface area contributed by atoms with Crippen molar-refractivity contribution in [2.24, 2.45) is 0 Å². The molecule has 2 rings (SSSR count). The van der Waals surface area contributed by atoms with Crippen LogP contribution in [0.3, 0.4) is 0 Å². The van der Waals surface area contributed by atoms with Crippen LogP contribution in [0, 0.1) is 6.92 Å². The van der Waals surface area contributed by atoms with E-state index in [-0.39, 0.29) is 17.9 Å². The number of unbranched alkanes of at least 4 members (excludes halogenated alkanes) is 2. The minimum absolute atomic E-state index is 0.0135. The van der Waals surface area contributed by atoms with Crippen molar-refractivity contribution in [3.8, 4) is 0 Å². The molecule has 0 aromatic heterocycles. The van der Waals surface area contributed by atoms with Gasteiger partial charge in [0.25, 0.3) is 0 Å². The summed E-state index contributed by atoms with van der Waals surface area (Å²) in [5.41, 5.74) is 2.38. The van der Waals surface area contributed by atoms with E-state index in [4.69, 9.17) is 0 Å². The van der Waals surface area contributed by atoms with E-state index in [1.54, 1.807) is 0 Å². The van der Waals surface area contributed by atoms with E-state index in [9.17, 15) is 9.59 Å². The molecule has 0 radical (unpaired) electrons. The fourth-order valence-electron chi connectivity index (χ4n) is 3.19. The second-order valence-electron chi connectivity index (χ2n) is 6.76. The quantitative estimate of drug-likeness (QED) is 0.777. The summed E-state index contributed by atoms with van der Waals surface area (Å²) in [6, 6.07) is 7.82. The molecular formula is C20H30N2O2. The maximum atomic E-state index is 12.8. The van der Waals surface area contributed by atoms with Gasteiger partial charge in [-0.2, -0.15) is 0 Å². The summed E-state index contributed by atoms with van der Waals surface area (Å²) < 4.78 is 0. The van der Waals surface area contributed by atoms with Crippen molar-refractivity contribution in [3.63, 3.8) is 0 Å². The lowest BCUT2D eigenvalue weighted by Crippen LogP contribution is -2.47. The van der Waals surface area contributed by atoms with E-state index in [1.165, 1.54) is 11.1 Å². The van der Waals surface area contributed by atoms with Crippen LogP contribution in [0.5, 0.6) is 0 Å². The SMILES string of the molecule is CCCCCC(=O)NC1CCCCN(Cc2ccccc2C)C1=O. The molecule has 1 heterocycles. The number of carbonyl (C=O) groups is 2. The third-order valence-electron chi connectivity index (χ3n) is 4.75. The molecule has 0 spiro atoms. The van der Waals surface area contributed by atoms with Gasteiger partial charge in [-0.3, -0.25) is 9.59 Å². The maximum absolute atomic E-state index is 12.8. The Morgan fingerprint density at radius 2 is 2.04 bits per heavy atom. The minimum Gasteiger partial charge on any atom is -0.344 e. The number of hydrogen-bond acceptors (Lipinski definition) is 2. The molecular weight excluding hydrogens is 300 g/mol. The molecule has 1 aromatic carbocycles. The zero-order valence-corrected chi connectivity index (χ0v) is 15.0. The van der Waals surface area contributed by atoms with Gasteiger partial charge in [-0.25, -0.2) is 0 Å². The zero-order chi connectivity index (χ0) is 17.4. The van der Waals surface area contributed by atoms with E-state index < -0.39 is 0 Å². The molecule has 0 bridgehead atoms. The van der Waals surface area contributed by atoms with Crippen LogP contribution in [0.2, 0.25) is 0 Å². The van der Waals surface area contributed by atoms with E-state index in [0.29, 0.717) is 13.0 Å². The average molecular weight is 330 g/mol. The van der Waals surface area contributed by atoms with Crippen LogP contribution >= 0.6 is 0 Å². The van der Waals surface area contributed by atoms with Crippen LogP contribution in [0.1, 0.15) is 63.0 Å². The molecule has 0 saturated carbocycles. The Kier molecular flexibility index (Phi) is 7.29. The fourth-order valence-corrected chi connectivity index (χ4v) is 3.19. The predicted octanol–water partition coefficient (Wildman–Crippen LogP) is 3.57. The second kappa shape index (κ2) is 9.45. The molecule has 1 fully saturated rings. The molecule has 4 nitrogen and oxygen atoms in total. The summed E-state index contributed by atoms with van der Waals surface area (Å²) in [4.78, 5) is 26.8. The summed E-state index contributed by atoms with van der Waals surface area (Å²) in [6.07, 6.45) is 6.31. The Morgan fingerprint density at radius 1 is 1.25 bits per heavy atom. The lowest BCUT2D eigenvalue weighted by Gasteiger charge is -2.25. The molecule has 0 aliphatic carbocycles. The predicted molar refractivity (Wildman–Crippen MR) is 96.5 cm³/mol. The van der Waals surface area contributed by atoms with Crippen molar-refractivity contribution >= 4 is 11.8 Å². The van der Waals surface area contributed by atoms with Crippen molar-refractivity contribution in [3.05, 3.63) is 35.4 Å². The first-order valence-electron chi connectivity index (χ1n) is 9.24. The van der Waals surface area contributed by atoms with Crippen LogP contribution in [0.25, 0.3) is 0 Å². The van der Waals surface area contributed by atoms with Crippen LogP contribution in [0.15, 0.2) is 24.3 Å². The van der Waals surface area contributed by atoms with Crippen molar-refractivity contribution in [2.75, 3.05) is 6.54 Å². The standard InChI is InChI=1S/C20H30N2O2/c1-3-4-5-13-19(23)21-18-12-8-9-14-22(20(18)24)15-17-11-7-6-10-16(17)2/h6-7,10-11,18H,3-5,8-9,12-15H2,1-2H3,(H,21,23). The smallest absolute Gasteiger partial charge is 0.245 e. The Hall–Kier alpha value is -1.84. The fraction of sp³-hybridized carbons (Fsp3) is 0.600. The lowest BCUT2D eigenvalue weighted by molar-refractivity contribution is -0.136. The molecule has 4 heteroatoms. The zero-order valence-electron chi connectivity index (χ0n) is 15.0. The molecule has 1 aliphatic rings. The Labute approximate surface area is 145 Å². The van der Waals surface area contributed by atoms with E-state index >= 15 is 0 Å². The van der Waals surface area contributed by atoms with Gasteiger partial charge < -0.3 is 10.2 Å². The highest BCUT2D eigenvalue weighted by Gasteiger charge is 2.28. The first kappa shape index (κ1) is 18.5. The third-order valence-corrected chi connectivity index (χ3v) is 4.75. The number of carbonyl (C=O) groups excluding carboxylic acids is 2. The molecule has 1 aromatic rings. The van der Waals surface area contributed by atoms with Crippen molar-refractivity contribution < 1.29 is 9.59 Å². The molecule has 1 saturated heterocycles. The molecule has 132 valence electrons. The van der Waals surface area contributed by atoms with Gasteiger partial charge in [0, 0.05) is 19.5 Å². The number of benzene rings is 1. The normalized spacial score (nSPS) is 18.3. The van der Waals surface area contributed by atoms with Crippen LogP contribution in [0.4, 0.5) is 0 Å². The largest absolute Gasteiger partial charge is 0.344 e. The van der Waals surface area contributed by atoms with Crippen LogP contribution in [-0.2, 0) is 16.1 Å². The highest BCUT2D eigenvalue weighted by atomic mass is 16.2. The summed E-state index contributed by atoms with van der Waals surface area (Å²) in [5.74, 6) is 0.0825. The van der Waals surface area contributed by atoms with Gasteiger partial charge in [0.1, 0.15) is 6.04 Å². The molecule has 1 atom stereocenters. The lowest BCUT2D eigenvalue weighted by atomic mass is 10.1.